The van der Waals surface area contributed by atoms with Gasteiger partial charge in [0.25, 0.3) is 5.91 Å². The maximum atomic E-state index is 13.2. The molecule has 6 heteroatoms. The second kappa shape index (κ2) is 8.63. The zero-order valence-electron chi connectivity index (χ0n) is 16.1. The van der Waals surface area contributed by atoms with Gasteiger partial charge < -0.3 is 10.1 Å². The number of amides is 1. The maximum absolute atomic E-state index is 13.2. The van der Waals surface area contributed by atoms with Gasteiger partial charge in [0.2, 0.25) is 0 Å². The van der Waals surface area contributed by atoms with E-state index in [9.17, 15) is 4.79 Å². The predicted molar refractivity (Wildman–Crippen MR) is 112 cm³/mol. The van der Waals surface area contributed by atoms with Crippen LogP contribution in [0.1, 0.15) is 53.0 Å². The summed E-state index contributed by atoms with van der Waals surface area (Å²) < 4.78 is 5.68. The Balaban J connectivity index is 1.99. The van der Waals surface area contributed by atoms with E-state index < -0.39 is 0 Å². The molecule has 1 fully saturated rings. The van der Waals surface area contributed by atoms with Crippen molar-refractivity contribution in [2.75, 3.05) is 18.2 Å². The van der Waals surface area contributed by atoms with Crippen LogP contribution in [0.4, 0.5) is 5.69 Å². The largest absolute Gasteiger partial charge is 0.378 e. The number of carbonyl (C=O) groups is 1. The van der Waals surface area contributed by atoms with E-state index in [-0.39, 0.29) is 17.9 Å². The van der Waals surface area contributed by atoms with Crippen molar-refractivity contribution in [1.82, 2.24) is 4.98 Å². The van der Waals surface area contributed by atoms with E-state index in [1.54, 1.807) is 11.8 Å². The summed E-state index contributed by atoms with van der Waals surface area (Å²) in [6.07, 6.45) is 3.89. The van der Waals surface area contributed by atoms with Crippen molar-refractivity contribution in [3.8, 4) is 0 Å². The molecular weight excluding hydrogens is 380 g/mol. The first-order valence-electron chi connectivity index (χ1n) is 9.14. The zero-order chi connectivity index (χ0) is 19.6. The molecule has 27 heavy (non-hydrogen) atoms. The number of benzene rings is 1. The number of thioether (sulfide) groups is 1. The number of aryl methyl sites for hydroxylation is 1. The number of nitrogens with zero attached hydrogens (tertiary/aromatic N) is 1. The highest BCUT2D eigenvalue weighted by atomic mass is 35.5. The van der Waals surface area contributed by atoms with Crippen LogP contribution in [0.2, 0.25) is 5.02 Å². The Morgan fingerprint density at radius 3 is 2.85 bits per heavy atom. The van der Waals surface area contributed by atoms with Crippen LogP contribution >= 0.6 is 23.4 Å². The van der Waals surface area contributed by atoms with E-state index in [1.165, 1.54) is 0 Å². The van der Waals surface area contributed by atoms with Crippen LogP contribution in [-0.2, 0) is 4.74 Å². The molecule has 0 saturated carbocycles. The summed E-state index contributed by atoms with van der Waals surface area (Å²) in [5, 5.41) is 3.59. The standard InChI is InChI=1S/C21H25ClN2O2S/c1-12-10-15(8-9-26-12)20-18(13(2)19(22)14(3)23-20)21(25)24-16-6-5-7-17(11-16)27-4/h5-7,11-12,15H,8-10H2,1-4H3,(H,24,25). The van der Waals surface area contributed by atoms with E-state index >= 15 is 0 Å². The van der Waals surface area contributed by atoms with E-state index in [2.05, 4.69) is 12.2 Å². The average Bonchev–Trinajstić information content (AvgIpc) is 2.65. The molecule has 1 aliphatic heterocycles. The number of carbonyl (C=O) groups excluding carboxylic acids is 1. The molecule has 0 radical (unpaired) electrons. The third kappa shape index (κ3) is 4.48. The molecule has 1 N–H and O–H groups in total. The molecule has 1 aromatic carbocycles. The summed E-state index contributed by atoms with van der Waals surface area (Å²) in [5.74, 6) is 0.0380. The number of nitrogens with one attached hydrogen (secondary N) is 1. The number of rotatable bonds is 4. The highest BCUT2D eigenvalue weighted by Gasteiger charge is 2.29. The number of hydrogen-bond acceptors (Lipinski definition) is 4. The number of hydrogen-bond donors (Lipinski definition) is 1. The highest BCUT2D eigenvalue weighted by molar-refractivity contribution is 7.98. The Bertz CT molecular complexity index is 856. The maximum Gasteiger partial charge on any atom is 0.257 e. The van der Waals surface area contributed by atoms with Gasteiger partial charge in [0, 0.05) is 23.1 Å². The van der Waals surface area contributed by atoms with Gasteiger partial charge in [-0.2, -0.15) is 0 Å². The fourth-order valence-electron chi connectivity index (χ4n) is 3.58. The Morgan fingerprint density at radius 1 is 1.37 bits per heavy atom. The molecule has 1 saturated heterocycles. The van der Waals surface area contributed by atoms with Gasteiger partial charge in [0.15, 0.2) is 0 Å². The predicted octanol–water partition coefficient (Wildman–Crippen LogP) is 5.61. The Hall–Kier alpha value is -1.56. The average molecular weight is 405 g/mol. The molecule has 0 bridgehead atoms. The van der Waals surface area contributed by atoms with Crippen molar-refractivity contribution in [2.24, 2.45) is 0 Å². The third-order valence-corrected chi connectivity index (χ3v) is 6.27. The summed E-state index contributed by atoms with van der Waals surface area (Å²) in [5.41, 5.74) is 3.76. The summed E-state index contributed by atoms with van der Waals surface area (Å²) >= 11 is 8.09. The summed E-state index contributed by atoms with van der Waals surface area (Å²) in [6, 6.07) is 7.82. The van der Waals surface area contributed by atoms with Gasteiger partial charge in [-0.05, 0) is 63.6 Å². The van der Waals surface area contributed by atoms with Crippen LogP contribution in [-0.4, -0.2) is 29.9 Å². The molecule has 144 valence electrons. The first-order chi connectivity index (χ1) is 12.9. The topological polar surface area (TPSA) is 51.2 Å². The van der Waals surface area contributed by atoms with E-state index in [0.717, 1.165) is 40.4 Å². The van der Waals surface area contributed by atoms with Crippen molar-refractivity contribution in [3.63, 3.8) is 0 Å². The summed E-state index contributed by atoms with van der Waals surface area (Å²) in [7, 11) is 0. The Morgan fingerprint density at radius 2 is 2.15 bits per heavy atom. The first-order valence-corrected chi connectivity index (χ1v) is 10.7. The highest BCUT2D eigenvalue weighted by Crippen LogP contribution is 2.35. The minimum atomic E-state index is -0.158. The minimum absolute atomic E-state index is 0.158. The van der Waals surface area contributed by atoms with E-state index in [4.69, 9.17) is 21.3 Å². The molecule has 2 heterocycles. The fraction of sp³-hybridized carbons (Fsp3) is 0.429. The molecule has 1 aliphatic rings. The van der Waals surface area contributed by atoms with Gasteiger partial charge in [-0.1, -0.05) is 17.7 Å². The normalized spacial score (nSPS) is 19.7. The smallest absolute Gasteiger partial charge is 0.257 e. The molecule has 1 aromatic heterocycles. The Kier molecular flexibility index (Phi) is 6.45. The number of anilines is 1. The number of pyridine rings is 1. The number of ether oxygens (including phenoxy) is 1. The number of aromatic nitrogens is 1. The van der Waals surface area contributed by atoms with Crippen LogP contribution in [0.3, 0.4) is 0 Å². The van der Waals surface area contributed by atoms with Gasteiger partial charge >= 0.3 is 0 Å². The summed E-state index contributed by atoms with van der Waals surface area (Å²) in [6.45, 7) is 6.54. The van der Waals surface area contributed by atoms with Crippen molar-refractivity contribution >= 4 is 35.0 Å². The van der Waals surface area contributed by atoms with Gasteiger partial charge in [-0.15, -0.1) is 11.8 Å². The lowest BCUT2D eigenvalue weighted by Crippen LogP contribution is -2.26. The molecular formula is C21H25ClN2O2S. The van der Waals surface area contributed by atoms with Gasteiger partial charge in [0.1, 0.15) is 0 Å². The van der Waals surface area contributed by atoms with Gasteiger partial charge in [0.05, 0.1) is 28.1 Å². The monoisotopic (exact) mass is 404 g/mol. The lowest BCUT2D eigenvalue weighted by Gasteiger charge is -2.29. The van der Waals surface area contributed by atoms with Crippen LogP contribution in [0.5, 0.6) is 0 Å². The van der Waals surface area contributed by atoms with Crippen LogP contribution in [0, 0.1) is 13.8 Å². The quantitative estimate of drug-likeness (QED) is 0.673. The second-order valence-electron chi connectivity index (χ2n) is 6.99. The molecule has 3 rings (SSSR count). The first kappa shape index (κ1) is 20.2. The molecule has 2 atom stereocenters. The second-order valence-corrected chi connectivity index (χ2v) is 8.24. The lowest BCUT2D eigenvalue weighted by molar-refractivity contribution is 0.0178. The zero-order valence-corrected chi connectivity index (χ0v) is 17.7. The SMILES string of the molecule is CSc1cccc(NC(=O)c2c(C3CCOC(C)C3)nc(C)c(Cl)c2C)c1. The van der Waals surface area contributed by atoms with Gasteiger partial charge in [-0.3, -0.25) is 9.78 Å². The Labute approximate surface area is 170 Å². The third-order valence-electron chi connectivity index (χ3n) is 4.99. The molecule has 2 aromatic rings. The molecule has 2 unspecified atom stereocenters. The molecule has 4 nitrogen and oxygen atoms in total. The van der Waals surface area contributed by atoms with Gasteiger partial charge in [-0.25, -0.2) is 0 Å². The molecule has 0 aliphatic carbocycles. The van der Waals surface area contributed by atoms with Crippen molar-refractivity contribution in [2.45, 2.75) is 50.5 Å². The van der Waals surface area contributed by atoms with Crippen LogP contribution < -0.4 is 5.32 Å². The minimum Gasteiger partial charge on any atom is -0.378 e. The fourth-order valence-corrected chi connectivity index (χ4v) is 4.18. The lowest BCUT2D eigenvalue weighted by atomic mass is 9.88. The van der Waals surface area contributed by atoms with Crippen molar-refractivity contribution in [3.05, 3.63) is 51.8 Å². The van der Waals surface area contributed by atoms with E-state index in [0.29, 0.717) is 17.2 Å². The molecule has 1 amide bonds. The van der Waals surface area contributed by atoms with Crippen LogP contribution in [0.25, 0.3) is 0 Å². The van der Waals surface area contributed by atoms with Crippen molar-refractivity contribution < 1.29 is 9.53 Å². The van der Waals surface area contributed by atoms with Crippen LogP contribution in [0.15, 0.2) is 29.2 Å². The molecule has 0 spiro atoms. The van der Waals surface area contributed by atoms with E-state index in [1.807, 2.05) is 44.4 Å². The van der Waals surface area contributed by atoms with Crippen molar-refractivity contribution in [1.29, 1.82) is 0 Å². The number of halogens is 1. The summed E-state index contributed by atoms with van der Waals surface area (Å²) in [4.78, 5) is 19.0.